The summed E-state index contributed by atoms with van der Waals surface area (Å²) in [7, 11) is 1.58. The molecule has 0 aliphatic carbocycles. The van der Waals surface area contributed by atoms with Crippen LogP contribution in [-0.2, 0) is 16.0 Å². The van der Waals surface area contributed by atoms with E-state index in [1.807, 2.05) is 63.2 Å². The largest absolute Gasteiger partial charge is 0.336 e. The van der Waals surface area contributed by atoms with Crippen LogP contribution < -0.4 is 5.32 Å². The van der Waals surface area contributed by atoms with Gasteiger partial charge in [-0.2, -0.15) is 0 Å². The first kappa shape index (κ1) is 21.4. The first-order chi connectivity index (χ1) is 13.3. The van der Waals surface area contributed by atoms with E-state index in [1.165, 1.54) is 4.90 Å². The molecule has 1 N–H and O–H groups in total. The van der Waals surface area contributed by atoms with Crippen molar-refractivity contribution in [1.82, 2.24) is 4.90 Å². The van der Waals surface area contributed by atoms with Gasteiger partial charge in [-0.1, -0.05) is 42.8 Å². The van der Waals surface area contributed by atoms with Gasteiger partial charge in [0.25, 0.3) is 0 Å². The van der Waals surface area contributed by atoms with E-state index in [0.29, 0.717) is 5.56 Å². The third-order valence-electron chi connectivity index (χ3n) is 4.74. The van der Waals surface area contributed by atoms with Gasteiger partial charge in [0.2, 0.25) is 11.8 Å². The topological polar surface area (TPSA) is 66.5 Å². The SMILES string of the molecule is CCc1ccccc1NC(=O)CN(C)C(=O)CCC(=O)c1cc(C)ccc1C. The number of nitrogens with one attached hydrogen (secondary N) is 1. The van der Waals surface area contributed by atoms with Gasteiger partial charge >= 0.3 is 0 Å². The molecule has 2 rings (SSSR count). The van der Waals surface area contributed by atoms with Crippen molar-refractivity contribution in [2.75, 3.05) is 18.9 Å². The van der Waals surface area contributed by atoms with Crippen molar-refractivity contribution in [1.29, 1.82) is 0 Å². The third kappa shape index (κ3) is 5.78. The summed E-state index contributed by atoms with van der Waals surface area (Å²) < 4.78 is 0. The molecule has 0 bridgehead atoms. The van der Waals surface area contributed by atoms with E-state index >= 15 is 0 Å². The summed E-state index contributed by atoms with van der Waals surface area (Å²) in [6, 6.07) is 13.3. The molecule has 0 atom stereocenters. The van der Waals surface area contributed by atoms with E-state index < -0.39 is 0 Å². The summed E-state index contributed by atoms with van der Waals surface area (Å²) in [5.74, 6) is -0.528. The van der Waals surface area contributed by atoms with Crippen LogP contribution in [0.15, 0.2) is 42.5 Å². The highest BCUT2D eigenvalue weighted by Gasteiger charge is 2.17. The van der Waals surface area contributed by atoms with E-state index in [2.05, 4.69) is 5.32 Å². The number of amides is 2. The zero-order chi connectivity index (χ0) is 20.7. The second kappa shape index (κ2) is 9.83. The number of Topliss-reactive ketones (excluding diaryl/α,β-unsaturated/α-hetero) is 1. The Balaban J connectivity index is 1.87. The fraction of sp³-hybridized carbons (Fsp3) is 0.348. The second-order valence-corrected chi connectivity index (χ2v) is 7.05. The lowest BCUT2D eigenvalue weighted by Gasteiger charge is -2.17. The zero-order valence-corrected chi connectivity index (χ0v) is 17.0. The molecule has 0 fully saturated rings. The molecule has 2 amide bonds. The fourth-order valence-corrected chi connectivity index (χ4v) is 3.03. The Bertz CT molecular complexity index is 874. The van der Waals surface area contributed by atoms with Gasteiger partial charge in [0.1, 0.15) is 0 Å². The first-order valence-corrected chi connectivity index (χ1v) is 9.54. The number of carbonyl (C=O) groups is 3. The number of rotatable bonds is 8. The average Bonchev–Trinajstić information content (AvgIpc) is 2.67. The Morgan fingerprint density at radius 3 is 2.43 bits per heavy atom. The van der Waals surface area contributed by atoms with Gasteiger partial charge < -0.3 is 10.2 Å². The Morgan fingerprint density at radius 1 is 1.00 bits per heavy atom. The lowest BCUT2D eigenvalue weighted by molar-refractivity contribution is -0.133. The highest BCUT2D eigenvalue weighted by Crippen LogP contribution is 2.16. The number of likely N-dealkylation sites (N-methyl/N-ethyl adjacent to an activating group) is 1. The minimum atomic E-state index is -0.252. The molecule has 0 saturated carbocycles. The van der Waals surface area contributed by atoms with Gasteiger partial charge in [-0.15, -0.1) is 0 Å². The minimum Gasteiger partial charge on any atom is -0.336 e. The molecule has 0 heterocycles. The number of aryl methyl sites for hydroxylation is 3. The number of carbonyl (C=O) groups excluding carboxylic acids is 3. The summed E-state index contributed by atoms with van der Waals surface area (Å²) in [5.41, 5.74) is 4.39. The van der Waals surface area contributed by atoms with Crippen molar-refractivity contribution in [3.8, 4) is 0 Å². The van der Waals surface area contributed by atoms with Gasteiger partial charge in [-0.25, -0.2) is 0 Å². The van der Waals surface area contributed by atoms with E-state index in [1.54, 1.807) is 7.05 Å². The summed E-state index contributed by atoms with van der Waals surface area (Å²) in [5, 5.41) is 2.85. The Hall–Kier alpha value is -2.95. The van der Waals surface area contributed by atoms with Crippen LogP contribution in [0.5, 0.6) is 0 Å². The molecule has 28 heavy (non-hydrogen) atoms. The average molecular weight is 380 g/mol. The maximum absolute atomic E-state index is 12.4. The van der Waals surface area contributed by atoms with Crippen molar-refractivity contribution in [3.63, 3.8) is 0 Å². The van der Waals surface area contributed by atoms with Gasteiger partial charge in [0.15, 0.2) is 5.78 Å². The van der Waals surface area contributed by atoms with Crippen LogP contribution >= 0.6 is 0 Å². The molecule has 0 aromatic heterocycles. The number of nitrogens with zero attached hydrogens (tertiary/aromatic N) is 1. The number of anilines is 1. The standard InChI is InChI=1S/C23H28N2O3/c1-5-18-8-6-7-9-20(18)24-22(27)15-25(4)23(28)13-12-21(26)19-14-16(2)10-11-17(19)3/h6-11,14H,5,12-13,15H2,1-4H3,(H,24,27). The summed E-state index contributed by atoms with van der Waals surface area (Å²) >= 11 is 0. The lowest BCUT2D eigenvalue weighted by atomic mass is 9.99. The second-order valence-electron chi connectivity index (χ2n) is 7.05. The van der Waals surface area contributed by atoms with Crippen LogP contribution in [0.25, 0.3) is 0 Å². The van der Waals surface area contributed by atoms with Crippen LogP contribution in [-0.4, -0.2) is 36.1 Å². The van der Waals surface area contributed by atoms with Crippen LogP contribution in [0.2, 0.25) is 0 Å². The van der Waals surface area contributed by atoms with Gasteiger partial charge in [0.05, 0.1) is 6.54 Å². The molecule has 148 valence electrons. The smallest absolute Gasteiger partial charge is 0.243 e. The van der Waals surface area contributed by atoms with Gasteiger partial charge in [-0.05, 0) is 43.5 Å². The number of ketones is 1. The highest BCUT2D eigenvalue weighted by molar-refractivity contribution is 6.00. The fourth-order valence-electron chi connectivity index (χ4n) is 3.03. The zero-order valence-electron chi connectivity index (χ0n) is 17.0. The Morgan fingerprint density at radius 2 is 1.71 bits per heavy atom. The van der Waals surface area contributed by atoms with E-state index in [4.69, 9.17) is 0 Å². The Kier molecular flexibility index (Phi) is 7.50. The van der Waals surface area contributed by atoms with E-state index in [-0.39, 0.29) is 37.0 Å². The predicted octanol–water partition coefficient (Wildman–Crippen LogP) is 3.93. The van der Waals surface area contributed by atoms with Crippen molar-refractivity contribution in [3.05, 3.63) is 64.7 Å². The molecule has 0 aliphatic heterocycles. The molecule has 0 aliphatic rings. The maximum atomic E-state index is 12.4. The summed E-state index contributed by atoms with van der Waals surface area (Å²) in [4.78, 5) is 38.4. The minimum absolute atomic E-state index is 0.0471. The lowest BCUT2D eigenvalue weighted by Crippen LogP contribution is -2.35. The quantitative estimate of drug-likeness (QED) is 0.706. The van der Waals surface area contributed by atoms with Crippen LogP contribution in [0.1, 0.15) is 46.8 Å². The maximum Gasteiger partial charge on any atom is 0.243 e. The molecule has 0 saturated heterocycles. The molecular formula is C23H28N2O3. The number of hydrogen-bond donors (Lipinski definition) is 1. The number of hydrogen-bond acceptors (Lipinski definition) is 3. The summed E-state index contributed by atoms with van der Waals surface area (Å²) in [6.07, 6.45) is 1.03. The first-order valence-electron chi connectivity index (χ1n) is 9.54. The van der Waals surface area contributed by atoms with Crippen molar-refractivity contribution < 1.29 is 14.4 Å². The van der Waals surface area contributed by atoms with Crippen LogP contribution in [0.3, 0.4) is 0 Å². The normalized spacial score (nSPS) is 10.4. The molecule has 5 heteroatoms. The van der Waals surface area contributed by atoms with Crippen molar-refractivity contribution in [2.45, 2.75) is 40.0 Å². The number of para-hydroxylation sites is 1. The molecule has 0 unspecified atom stereocenters. The highest BCUT2D eigenvalue weighted by atomic mass is 16.2. The van der Waals surface area contributed by atoms with Crippen molar-refractivity contribution >= 4 is 23.3 Å². The van der Waals surface area contributed by atoms with Gasteiger partial charge in [-0.3, -0.25) is 14.4 Å². The molecule has 2 aromatic rings. The molecular weight excluding hydrogens is 352 g/mol. The van der Waals surface area contributed by atoms with Crippen LogP contribution in [0.4, 0.5) is 5.69 Å². The third-order valence-corrected chi connectivity index (χ3v) is 4.74. The molecule has 2 aromatic carbocycles. The van der Waals surface area contributed by atoms with E-state index in [9.17, 15) is 14.4 Å². The van der Waals surface area contributed by atoms with Crippen molar-refractivity contribution in [2.24, 2.45) is 0 Å². The monoisotopic (exact) mass is 380 g/mol. The Labute approximate surface area is 166 Å². The molecule has 5 nitrogen and oxygen atoms in total. The molecule has 0 spiro atoms. The van der Waals surface area contributed by atoms with E-state index in [0.717, 1.165) is 28.8 Å². The van der Waals surface area contributed by atoms with Crippen LogP contribution in [0, 0.1) is 13.8 Å². The summed E-state index contributed by atoms with van der Waals surface area (Å²) in [6.45, 7) is 5.80. The predicted molar refractivity (Wildman–Crippen MR) is 112 cm³/mol. The number of benzene rings is 2. The molecule has 0 radical (unpaired) electrons. The van der Waals surface area contributed by atoms with Gasteiger partial charge in [0, 0.05) is 31.1 Å².